The molecule has 0 radical (unpaired) electrons. The molecule has 0 saturated heterocycles. The van der Waals surface area contributed by atoms with Gasteiger partial charge in [0.15, 0.2) is 0 Å². The maximum Gasteiger partial charge on any atom is 0.0845 e. The second kappa shape index (κ2) is 5.30. The molecule has 0 bridgehead atoms. The molecule has 1 rings (SSSR count). The first-order valence-corrected chi connectivity index (χ1v) is 4.07. The van der Waals surface area contributed by atoms with Gasteiger partial charge in [-0.15, -0.1) is 11.6 Å². The first-order chi connectivity index (χ1) is 5.93. The van der Waals surface area contributed by atoms with Crippen molar-refractivity contribution in [2.45, 2.75) is 0 Å². The maximum absolute atomic E-state index is 5.34. The van der Waals surface area contributed by atoms with Gasteiger partial charge in [-0.3, -0.25) is 0 Å². The van der Waals surface area contributed by atoms with E-state index in [-0.39, 0.29) is 0 Å². The molecule has 0 aliphatic heterocycles. The van der Waals surface area contributed by atoms with Crippen LogP contribution >= 0.6 is 11.6 Å². The summed E-state index contributed by atoms with van der Waals surface area (Å²) < 4.78 is 0. The number of halogens is 1. The highest BCUT2D eigenvalue weighted by Gasteiger charge is 1.78. The number of benzene rings is 1. The Morgan fingerprint density at radius 1 is 1.08 bits per heavy atom. The molecule has 0 saturated carbocycles. The van der Waals surface area contributed by atoms with Crippen LogP contribution in [0.25, 0.3) is 0 Å². The zero-order valence-corrected chi connectivity index (χ0v) is 7.23. The fourth-order valence-electron chi connectivity index (χ4n) is 0.703. The summed E-state index contributed by atoms with van der Waals surface area (Å²) in [4.78, 5) is 0. The fraction of sp³-hybridized carbons (Fsp3) is 0.0909. The lowest BCUT2D eigenvalue weighted by Crippen LogP contribution is -1.69. The van der Waals surface area contributed by atoms with E-state index in [0.717, 1.165) is 5.56 Å². The van der Waals surface area contributed by atoms with Crippen LogP contribution in [0.1, 0.15) is 5.56 Å². The number of rotatable bonds is 0. The Hall–Kier alpha value is -1.37. The van der Waals surface area contributed by atoms with Gasteiger partial charge in [-0.2, -0.15) is 0 Å². The van der Waals surface area contributed by atoms with E-state index < -0.39 is 0 Å². The van der Waals surface area contributed by atoms with Crippen LogP contribution < -0.4 is 0 Å². The summed E-state index contributed by atoms with van der Waals surface area (Å²) in [5, 5.41) is 0. The minimum atomic E-state index is 0.337. The van der Waals surface area contributed by atoms with Crippen molar-refractivity contribution < 1.29 is 0 Å². The molecule has 0 N–H and O–H groups in total. The van der Waals surface area contributed by atoms with Crippen LogP contribution in [-0.4, -0.2) is 5.88 Å². The van der Waals surface area contributed by atoms with E-state index >= 15 is 0 Å². The molecular weight excluding hydrogens is 168 g/mol. The molecular formula is C11H7Cl. The highest BCUT2D eigenvalue weighted by Crippen LogP contribution is 1.93. The van der Waals surface area contributed by atoms with E-state index in [1.54, 1.807) is 0 Å². The maximum atomic E-state index is 5.34. The van der Waals surface area contributed by atoms with Gasteiger partial charge in [-0.05, 0) is 24.0 Å². The van der Waals surface area contributed by atoms with Gasteiger partial charge in [0, 0.05) is 5.56 Å². The summed E-state index contributed by atoms with van der Waals surface area (Å²) in [6.45, 7) is 0. The third-order valence-electron chi connectivity index (χ3n) is 1.20. The molecule has 12 heavy (non-hydrogen) atoms. The van der Waals surface area contributed by atoms with Gasteiger partial charge in [-0.1, -0.05) is 30.0 Å². The second-order valence-corrected chi connectivity index (χ2v) is 2.32. The van der Waals surface area contributed by atoms with E-state index in [0.29, 0.717) is 5.88 Å². The van der Waals surface area contributed by atoms with Gasteiger partial charge in [0.05, 0.1) is 5.88 Å². The van der Waals surface area contributed by atoms with Gasteiger partial charge in [-0.25, -0.2) is 0 Å². The monoisotopic (exact) mass is 174 g/mol. The normalized spacial score (nSPS) is 7.42. The molecule has 1 heteroatoms. The van der Waals surface area contributed by atoms with Crippen molar-refractivity contribution in [2.75, 3.05) is 5.88 Å². The Morgan fingerprint density at radius 2 is 1.83 bits per heavy atom. The van der Waals surface area contributed by atoms with Crippen LogP contribution in [0.5, 0.6) is 0 Å². The minimum absolute atomic E-state index is 0.337. The van der Waals surface area contributed by atoms with E-state index in [2.05, 4.69) is 23.7 Å². The summed E-state index contributed by atoms with van der Waals surface area (Å²) >= 11 is 5.34. The minimum Gasteiger partial charge on any atom is -0.113 e. The molecule has 0 nitrogen and oxygen atoms in total. The smallest absolute Gasteiger partial charge is 0.0845 e. The fourth-order valence-corrected chi connectivity index (χ4v) is 0.769. The van der Waals surface area contributed by atoms with Gasteiger partial charge in [0.1, 0.15) is 0 Å². The van der Waals surface area contributed by atoms with Crippen LogP contribution in [0.15, 0.2) is 30.3 Å². The summed E-state index contributed by atoms with van der Waals surface area (Å²) in [5.74, 6) is 11.2. The van der Waals surface area contributed by atoms with Crippen LogP contribution in [0.4, 0.5) is 0 Å². The van der Waals surface area contributed by atoms with Crippen LogP contribution in [0.3, 0.4) is 0 Å². The molecule has 1 aromatic rings. The van der Waals surface area contributed by atoms with Gasteiger partial charge < -0.3 is 0 Å². The molecule has 0 aliphatic carbocycles. The molecule has 0 amide bonds. The molecule has 0 spiro atoms. The SMILES string of the molecule is ClCC#CC#Cc1ccccc1. The number of hydrogen-bond donors (Lipinski definition) is 0. The van der Waals surface area contributed by atoms with E-state index in [4.69, 9.17) is 11.6 Å². The van der Waals surface area contributed by atoms with Crippen molar-refractivity contribution in [3.63, 3.8) is 0 Å². The Labute approximate surface area is 77.6 Å². The Balaban J connectivity index is 2.67. The zero-order valence-electron chi connectivity index (χ0n) is 6.47. The van der Waals surface area contributed by atoms with Crippen molar-refractivity contribution in [2.24, 2.45) is 0 Å². The molecule has 0 atom stereocenters. The largest absolute Gasteiger partial charge is 0.113 e. The highest BCUT2D eigenvalue weighted by atomic mass is 35.5. The molecule has 0 aliphatic rings. The standard InChI is InChI=1S/C11H7Cl/c12-10-6-2-5-9-11-7-3-1-4-8-11/h1,3-4,7-8H,10H2. The summed E-state index contributed by atoms with van der Waals surface area (Å²) in [7, 11) is 0. The predicted molar refractivity (Wildman–Crippen MR) is 51.8 cm³/mol. The first kappa shape index (κ1) is 8.72. The molecule has 0 heterocycles. The Morgan fingerprint density at radius 3 is 2.50 bits per heavy atom. The van der Waals surface area contributed by atoms with Crippen LogP contribution in [0.2, 0.25) is 0 Å². The topological polar surface area (TPSA) is 0 Å². The van der Waals surface area contributed by atoms with Gasteiger partial charge >= 0.3 is 0 Å². The van der Waals surface area contributed by atoms with E-state index in [1.165, 1.54) is 0 Å². The molecule has 0 fully saturated rings. The summed E-state index contributed by atoms with van der Waals surface area (Å²) in [6, 6.07) is 9.72. The van der Waals surface area contributed by atoms with Gasteiger partial charge in [0.2, 0.25) is 0 Å². The molecule has 0 aromatic heterocycles. The van der Waals surface area contributed by atoms with Gasteiger partial charge in [0.25, 0.3) is 0 Å². The highest BCUT2D eigenvalue weighted by molar-refractivity contribution is 6.19. The lowest BCUT2D eigenvalue weighted by molar-refractivity contribution is 1.65. The summed E-state index contributed by atoms with van der Waals surface area (Å²) in [5.41, 5.74) is 0.973. The molecule has 0 unspecified atom stereocenters. The number of hydrogen-bond acceptors (Lipinski definition) is 0. The van der Waals surface area contributed by atoms with Crippen LogP contribution in [0, 0.1) is 23.7 Å². The average Bonchev–Trinajstić information content (AvgIpc) is 2.14. The molecule has 1 aromatic carbocycles. The lowest BCUT2D eigenvalue weighted by Gasteiger charge is -1.83. The van der Waals surface area contributed by atoms with Crippen molar-refractivity contribution in [3.05, 3.63) is 35.9 Å². The van der Waals surface area contributed by atoms with Crippen molar-refractivity contribution in [1.29, 1.82) is 0 Å². The average molecular weight is 175 g/mol. The zero-order chi connectivity index (χ0) is 8.65. The van der Waals surface area contributed by atoms with E-state index in [9.17, 15) is 0 Å². The predicted octanol–water partition coefficient (Wildman–Crippen LogP) is 2.28. The Kier molecular flexibility index (Phi) is 3.86. The van der Waals surface area contributed by atoms with Crippen LogP contribution in [-0.2, 0) is 0 Å². The van der Waals surface area contributed by atoms with E-state index in [1.807, 2.05) is 30.3 Å². The number of alkyl halides is 1. The first-order valence-electron chi connectivity index (χ1n) is 3.53. The Bertz CT molecular complexity index is 343. The summed E-state index contributed by atoms with van der Waals surface area (Å²) in [6.07, 6.45) is 0. The van der Waals surface area contributed by atoms with Crippen molar-refractivity contribution in [1.82, 2.24) is 0 Å². The third kappa shape index (κ3) is 3.15. The molecule has 58 valence electrons. The van der Waals surface area contributed by atoms with Crippen molar-refractivity contribution >= 4 is 11.6 Å². The van der Waals surface area contributed by atoms with Crippen molar-refractivity contribution in [3.8, 4) is 23.7 Å². The third-order valence-corrected chi connectivity index (χ3v) is 1.33. The second-order valence-electron chi connectivity index (χ2n) is 2.05. The lowest BCUT2D eigenvalue weighted by atomic mass is 10.2. The quantitative estimate of drug-likeness (QED) is 0.418.